The van der Waals surface area contributed by atoms with Crippen LogP contribution in [0.2, 0.25) is 5.02 Å². The highest BCUT2D eigenvalue weighted by Crippen LogP contribution is 2.23. The standard InChI is InChI=1S/C23H30ClN5O2S/c1-2-12-26-23(31)18-4-3-14-29(15-18)20-9-10-22(28-27-20)32-16-21(30)25-13-11-17-5-7-19(24)8-6-17/h5-10,18H,2-4,11-16H2,1H3,(H,25,30)(H,26,31)/t18-/m0/s1. The van der Waals surface area contributed by atoms with Gasteiger partial charge < -0.3 is 15.5 Å². The van der Waals surface area contributed by atoms with Crippen LogP contribution in [0.1, 0.15) is 31.7 Å². The van der Waals surface area contributed by atoms with E-state index in [-0.39, 0.29) is 23.5 Å². The summed E-state index contributed by atoms with van der Waals surface area (Å²) in [7, 11) is 0. The van der Waals surface area contributed by atoms with E-state index in [2.05, 4.69) is 25.7 Å². The molecule has 3 rings (SSSR count). The Morgan fingerprint density at radius 1 is 1.12 bits per heavy atom. The van der Waals surface area contributed by atoms with Crippen LogP contribution in [0.5, 0.6) is 0 Å². The van der Waals surface area contributed by atoms with Gasteiger partial charge in [-0.05, 0) is 55.5 Å². The molecule has 1 aliphatic rings. The number of carbonyl (C=O) groups excluding carboxylic acids is 2. The van der Waals surface area contributed by atoms with E-state index in [4.69, 9.17) is 11.6 Å². The zero-order valence-corrected chi connectivity index (χ0v) is 19.9. The molecule has 172 valence electrons. The summed E-state index contributed by atoms with van der Waals surface area (Å²) in [5.41, 5.74) is 1.13. The first-order valence-electron chi connectivity index (χ1n) is 11.1. The molecule has 32 heavy (non-hydrogen) atoms. The Balaban J connectivity index is 1.40. The van der Waals surface area contributed by atoms with Crippen LogP contribution >= 0.6 is 23.4 Å². The van der Waals surface area contributed by atoms with Gasteiger partial charge in [0.15, 0.2) is 5.82 Å². The van der Waals surface area contributed by atoms with Crippen molar-refractivity contribution in [3.8, 4) is 0 Å². The quantitative estimate of drug-likeness (QED) is 0.512. The maximum Gasteiger partial charge on any atom is 0.230 e. The Bertz CT molecular complexity index is 879. The van der Waals surface area contributed by atoms with Crippen molar-refractivity contribution < 1.29 is 9.59 Å². The fourth-order valence-corrected chi connectivity index (χ4v) is 4.31. The lowest BCUT2D eigenvalue weighted by Crippen LogP contribution is -2.43. The molecule has 0 aliphatic carbocycles. The third kappa shape index (κ3) is 7.67. The minimum Gasteiger partial charge on any atom is -0.356 e. The van der Waals surface area contributed by atoms with Gasteiger partial charge in [-0.3, -0.25) is 9.59 Å². The summed E-state index contributed by atoms with van der Waals surface area (Å²) < 4.78 is 0. The lowest BCUT2D eigenvalue weighted by Gasteiger charge is -2.32. The summed E-state index contributed by atoms with van der Waals surface area (Å²) in [6.07, 6.45) is 3.56. The molecule has 1 fully saturated rings. The van der Waals surface area contributed by atoms with Crippen LogP contribution in [-0.2, 0) is 16.0 Å². The van der Waals surface area contributed by atoms with Gasteiger partial charge in [0.25, 0.3) is 0 Å². The number of carbonyl (C=O) groups is 2. The number of nitrogens with one attached hydrogen (secondary N) is 2. The molecule has 1 aliphatic heterocycles. The first-order chi connectivity index (χ1) is 15.5. The number of piperidine rings is 1. The maximum atomic E-state index is 12.3. The lowest BCUT2D eigenvalue weighted by atomic mass is 9.97. The fourth-order valence-electron chi connectivity index (χ4n) is 3.54. The van der Waals surface area contributed by atoms with Gasteiger partial charge in [-0.25, -0.2) is 0 Å². The Kier molecular flexibility index (Phi) is 9.62. The summed E-state index contributed by atoms with van der Waals surface area (Å²) >= 11 is 7.24. The van der Waals surface area contributed by atoms with E-state index >= 15 is 0 Å². The second kappa shape index (κ2) is 12.6. The number of hydrogen-bond donors (Lipinski definition) is 2. The smallest absolute Gasteiger partial charge is 0.230 e. The minimum atomic E-state index is -0.0354. The first-order valence-corrected chi connectivity index (χ1v) is 12.4. The second-order valence-electron chi connectivity index (χ2n) is 7.82. The zero-order valence-electron chi connectivity index (χ0n) is 18.3. The summed E-state index contributed by atoms with van der Waals surface area (Å²) in [5, 5.41) is 15.9. The monoisotopic (exact) mass is 475 g/mol. The van der Waals surface area contributed by atoms with E-state index in [1.807, 2.05) is 43.3 Å². The number of rotatable bonds is 10. The van der Waals surface area contributed by atoms with Gasteiger partial charge in [0, 0.05) is 31.2 Å². The molecule has 0 saturated carbocycles. The van der Waals surface area contributed by atoms with Gasteiger partial charge in [0.1, 0.15) is 5.03 Å². The Morgan fingerprint density at radius 2 is 1.94 bits per heavy atom. The molecule has 0 bridgehead atoms. The van der Waals surface area contributed by atoms with Crippen LogP contribution in [-0.4, -0.2) is 53.9 Å². The van der Waals surface area contributed by atoms with Gasteiger partial charge in [-0.15, -0.1) is 10.2 Å². The van der Waals surface area contributed by atoms with Gasteiger partial charge >= 0.3 is 0 Å². The summed E-state index contributed by atoms with van der Waals surface area (Å²) in [6.45, 7) is 4.87. The average Bonchev–Trinajstić information content (AvgIpc) is 2.83. The molecule has 2 N–H and O–H groups in total. The van der Waals surface area contributed by atoms with Gasteiger partial charge in [0.2, 0.25) is 11.8 Å². The summed E-state index contributed by atoms with van der Waals surface area (Å²) in [6, 6.07) is 11.4. The van der Waals surface area contributed by atoms with Crippen LogP contribution in [0.15, 0.2) is 41.4 Å². The van der Waals surface area contributed by atoms with Crippen molar-refractivity contribution >= 4 is 41.0 Å². The number of aromatic nitrogens is 2. The van der Waals surface area contributed by atoms with E-state index in [0.29, 0.717) is 23.1 Å². The van der Waals surface area contributed by atoms with Crippen molar-refractivity contribution in [3.63, 3.8) is 0 Å². The Hall–Kier alpha value is -2.32. The van der Waals surface area contributed by atoms with Crippen LogP contribution in [0.4, 0.5) is 5.82 Å². The zero-order chi connectivity index (χ0) is 22.8. The molecule has 1 aromatic heterocycles. The predicted octanol–water partition coefficient (Wildman–Crippen LogP) is 3.32. The Morgan fingerprint density at radius 3 is 2.66 bits per heavy atom. The molecule has 2 heterocycles. The normalized spacial score (nSPS) is 15.9. The highest BCUT2D eigenvalue weighted by atomic mass is 35.5. The highest BCUT2D eigenvalue weighted by Gasteiger charge is 2.26. The number of halogens is 1. The van der Waals surface area contributed by atoms with Crippen molar-refractivity contribution in [3.05, 3.63) is 47.0 Å². The minimum absolute atomic E-state index is 0.0114. The largest absolute Gasteiger partial charge is 0.356 e. The molecule has 0 spiro atoms. The van der Waals surface area contributed by atoms with Gasteiger partial charge in [-0.1, -0.05) is 42.4 Å². The fraction of sp³-hybridized carbons (Fsp3) is 0.478. The lowest BCUT2D eigenvalue weighted by molar-refractivity contribution is -0.125. The van der Waals surface area contributed by atoms with Gasteiger partial charge in [0.05, 0.1) is 11.7 Å². The second-order valence-corrected chi connectivity index (χ2v) is 9.25. The average molecular weight is 476 g/mol. The van der Waals surface area contributed by atoms with Crippen molar-refractivity contribution in [2.45, 2.75) is 37.6 Å². The summed E-state index contributed by atoms with van der Waals surface area (Å²) in [4.78, 5) is 26.5. The number of anilines is 1. The molecule has 0 unspecified atom stereocenters. The van der Waals surface area contributed by atoms with Crippen molar-refractivity contribution in [1.29, 1.82) is 0 Å². The first kappa shape index (κ1) is 24.3. The molecule has 7 nitrogen and oxygen atoms in total. The molecule has 1 saturated heterocycles. The maximum absolute atomic E-state index is 12.3. The summed E-state index contributed by atoms with van der Waals surface area (Å²) in [5.74, 6) is 1.14. The van der Waals surface area contributed by atoms with Crippen LogP contribution < -0.4 is 15.5 Å². The van der Waals surface area contributed by atoms with E-state index in [0.717, 1.165) is 50.2 Å². The SMILES string of the molecule is CCCNC(=O)[C@H]1CCCN(c2ccc(SCC(=O)NCCc3ccc(Cl)cc3)nn2)C1. The van der Waals surface area contributed by atoms with Crippen molar-refractivity contribution in [1.82, 2.24) is 20.8 Å². The third-order valence-corrected chi connectivity index (χ3v) is 6.46. The predicted molar refractivity (Wildman–Crippen MR) is 129 cm³/mol. The van der Waals surface area contributed by atoms with E-state index < -0.39 is 0 Å². The number of nitrogens with zero attached hydrogens (tertiary/aromatic N) is 3. The number of amides is 2. The van der Waals surface area contributed by atoms with Crippen molar-refractivity contribution in [2.24, 2.45) is 5.92 Å². The van der Waals surface area contributed by atoms with Crippen LogP contribution in [0.25, 0.3) is 0 Å². The van der Waals surface area contributed by atoms with Crippen molar-refractivity contribution in [2.75, 3.05) is 36.8 Å². The molecule has 1 atom stereocenters. The molecular weight excluding hydrogens is 446 g/mol. The molecule has 9 heteroatoms. The van der Waals surface area contributed by atoms with Crippen LogP contribution in [0.3, 0.4) is 0 Å². The topological polar surface area (TPSA) is 87.2 Å². The third-order valence-electron chi connectivity index (χ3n) is 5.29. The molecule has 2 amide bonds. The van der Waals surface area contributed by atoms with E-state index in [1.54, 1.807) is 0 Å². The Labute approximate surface area is 198 Å². The van der Waals surface area contributed by atoms with Gasteiger partial charge in [-0.2, -0.15) is 0 Å². The van der Waals surface area contributed by atoms with Crippen LogP contribution in [0, 0.1) is 5.92 Å². The molecule has 2 aromatic rings. The number of thioether (sulfide) groups is 1. The number of benzene rings is 1. The van der Waals surface area contributed by atoms with E-state index in [9.17, 15) is 9.59 Å². The highest BCUT2D eigenvalue weighted by molar-refractivity contribution is 7.99. The molecule has 0 radical (unpaired) electrons. The molecular formula is C23H30ClN5O2S. The number of hydrogen-bond acceptors (Lipinski definition) is 6. The molecule has 1 aromatic carbocycles. The van der Waals surface area contributed by atoms with E-state index in [1.165, 1.54) is 11.8 Å².